The number of imidazole rings is 1. The molecule has 9 rings (SSSR count). The maximum atomic E-state index is 15.4. The summed E-state index contributed by atoms with van der Waals surface area (Å²) in [6.07, 6.45) is 4.56. The minimum absolute atomic E-state index is 0.202. The first-order valence-electron chi connectivity index (χ1n) is 21.4. The molecule has 14 nitrogen and oxygen atoms in total. The largest absolute Gasteiger partial charge is 0.480 e. The molecule has 340 valence electrons. The van der Waals surface area contributed by atoms with Crippen LogP contribution in [0, 0.1) is 57.2 Å². The third kappa shape index (κ3) is 8.70. The molecule has 0 aliphatic carbocycles. The van der Waals surface area contributed by atoms with Crippen LogP contribution in [0.4, 0.5) is 43.0 Å². The Kier molecular flexibility index (Phi) is 13.0. The van der Waals surface area contributed by atoms with E-state index in [-0.39, 0.29) is 11.0 Å². The first-order chi connectivity index (χ1) is 32.8. The van der Waals surface area contributed by atoms with Gasteiger partial charge in [-0.2, -0.15) is 9.97 Å². The van der Waals surface area contributed by atoms with E-state index in [2.05, 4.69) is 50.2 Å². The zero-order chi connectivity index (χ0) is 48.4. The Morgan fingerprint density at radius 1 is 0.618 bits per heavy atom. The molecular formula is C51H44F2N12O2S. The van der Waals surface area contributed by atoms with Crippen molar-refractivity contribution < 1.29 is 18.3 Å². The van der Waals surface area contributed by atoms with Crippen molar-refractivity contribution in [2.45, 2.75) is 54.4 Å². The standard InChI is InChI=1S/C26H21FN6OS.C25H23FN6O/c1-6-21-30-22-18(25(31-21)34-5)12-17(13-19(22)27)32-23-14(2)9-10-29-24(23)33(26(32)35)16-7-8-20(28-4)15(3)11-16;1-6-21-31-23-18(25(32-21)33-5)12-17(13-19(23)26)29-22-14(2)9-10-28-24(22)30-16-7-8-20(27-4)15(3)11-16/h7-13H,6H2,1-3,5H3;7-13,29H,6H2,1-3,5H3,(H,28,30). The van der Waals surface area contributed by atoms with Crippen LogP contribution in [-0.2, 0) is 12.8 Å². The molecule has 9 aromatic rings. The van der Waals surface area contributed by atoms with Crippen molar-refractivity contribution in [3.63, 3.8) is 0 Å². The fraction of sp³-hybridized carbons (Fsp3) is 0.196. The Hall–Kier alpha value is -8.41. The minimum Gasteiger partial charge on any atom is -0.480 e. The summed E-state index contributed by atoms with van der Waals surface area (Å²) in [5.74, 6) is 1.29. The van der Waals surface area contributed by atoms with Crippen molar-refractivity contribution >= 4 is 79.4 Å². The fourth-order valence-electron chi connectivity index (χ4n) is 7.82. The summed E-state index contributed by atoms with van der Waals surface area (Å²) < 4.78 is 45.4. The number of aryl methyl sites for hydroxylation is 6. The lowest BCUT2D eigenvalue weighted by molar-refractivity contribution is 0.400. The number of pyridine rings is 2. The summed E-state index contributed by atoms with van der Waals surface area (Å²) in [6, 6.07) is 21.1. The lowest BCUT2D eigenvalue weighted by Gasteiger charge is -2.17. The number of aromatic nitrogens is 8. The van der Waals surface area contributed by atoms with Crippen LogP contribution in [0.1, 0.15) is 47.8 Å². The van der Waals surface area contributed by atoms with E-state index in [1.807, 2.05) is 82.5 Å². The van der Waals surface area contributed by atoms with Crippen LogP contribution in [0.25, 0.3) is 54.0 Å². The van der Waals surface area contributed by atoms with Gasteiger partial charge in [0.15, 0.2) is 39.2 Å². The summed E-state index contributed by atoms with van der Waals surface area (Å²) >= 11 is 5.93. The molecule has 2 N–H and O–H groups in total. The Morgan fingerprint density at radius 2 is 1.21 bits per heavy atom. The normalized spacial score (nSPS) is 10.9. The molecule has 0 atom stereocenters. The van der Waals surface area contributed by atoms with Gasteiger partial charge < -0.3 is 20.1 Å². The second-order valence-corrected chi connectivity index (χ2v) is 16.1. The maximum absolute atomic E-state index is 15.4. The van der Waals surface area contributed by atoms with Crippen molar-refractivity contribution in [2.75, 3.05) is 24.9 Å². The van der Waals surface area contributed by atoms with Crippen LogP contribution in [0.3, 0.4) is 0 Å². The molecule has 0 amide bonds. The van der Waals surface area contributed by atoms with Gasteiger partial charge in [-0.05, 0) is 117 Å². The molecule has 5 aromatic heterocycles. The number of hydrogen-bond acceptors (Lipinski definition) is 11. The van der Waals surface area contributed by atoms with Gasteiger partial charge in [0.2, 0.25) is 11.8 Å². The molecule has 0 aliphatic heterocycles. The molecular weight excluding hydrogens is 883 g/mol. The number of fused-ring (bicyclic) bond motifs is 3. The molecule has 0 bridgehead atoms. The summed E-state index contributed by atoms with van der Waals surface area (Å²) in [5.41, 5.74) is 9.85. The van der Waals surface area contributed by atoms with Gasteiger partial charge >= 0.3 is 0 Å². The number of nitrogens with zero attached hydrogens (tertiary/aromatic N) is 10. The fourth-order valence-corrected chi connectivity index (χ4v) is 8.21. The Balaban J connectivity index is 0.000000184. The number of benzene rings is 4. The molecule has 4 aromatic carbocycles. The third-order valence-corrected chi connectivity index (χ3v) is 11.7. The van der Waals surface area contributed by atoms with Crippen molar-refractivity contribution in [1.82, 2.24) is 39.0 Å². The van der Waals surface area contributed by atoms with Crippen molar-refractivity contribution in [3.8, 4) is 23.1 Å². The SMILES string of the molecule is [C-]#[N+]c1ccc(-n2c(=S)n(-c3cc(F)c4nc(CC)nc(OC)c4c3)c3c(C)ccnc32)cc1C.[C-]#[N+]c1ccc(Nc2nccc(C)c2Nc2cc(F)c3nc(CC)nc(OC)c3c2)cc1C. The molecule has 0 fully saturated rings. The van der Waals surface area contributed by atoms with E-state index < -0.39 is 11.6 Å². The van der Waals surface area contributed by atoms with E-state index in [1.165, 1.54) is 26.4 Å². The summed E-state index contributed by atoms with van der Waals surface area (Å²) in [5, 5.41) is 7.53. The first-order valence-corrected chi connectivity index (χ1v) is 21.9. The maximum Gasteiger partial charge on any atom is 0.224 e. The lowest BCUT2D eigenvalue weighted by atomic mass is 10.1. The number of nitrogens with one attached hydrogen (secondary N) is 2. The zero-order valence-corrected chi connectivity index (χ0v) is 39.3. The van der Waals surface area contributed by atoms with Crippen LogP contribution in [-0.4, -0.2) is 53.3 Å². The van der Waals surface area contributed by atoms with Crippen LogP contribution in [0.15, 0.2) is 85.2 Å². The van der Waals surface area contributed by atoms with Gasteiger partial charge in [0.1, 0.15) is 22.7 Å². The van der Waals surface area contributed by atoms with Crippen molar-refractivity contribution in [2.24, 2.45) is 0 Å². The molecule has 0 unspecified atom stereocenters. The quantitative estimate of drug-likeness (QED) is 0.100. The Morgan fingerprint density at radius 3 is 1.81 bits per heavy atom. The highest BCUT2D eigenvalue weighted by molar-refractivity contribution is 7.71. The van der Waals surface area contributed by atoms with E-state index >= 15 is 8.78 Å². The van der Waals surface area contributed by atoms with E-state index in [9.17, 15) is 0 Å². The molecule has 0 saturated carbocycles. The highest BCUT2D eigenvalue weighted by Gasteiger charge is 2.21. The average molecular weight is 927 g/mol. The molecule has 17 heteroatoms. The number of hydrogen-bond donors (Lipinski definition) is 2. The molecule has 68 heavy (non-hydrogen) atoms. The predicted octanol–water partition coefficient (Wildman–Crippen LogP) is 12.8. The monoisotopic (exact) mass is 926 g/mol. The second-order valence-electron chi connectivity index (χ2n) is 15.7. The molecule has 0 aliphatic rings. The predicted molar refractivity (Wildman–Crippen MR) is 264 cm³/mol. The number of anilines is 4. The van der Waals surface area contributed by atoms with Crippen LogP contribution in [0.5, 0.6) is 11.8 Å². The number of methoxy groups -OCH3 is 2. The summed E-state index contributed by atoms with van der Waals surface area (Å²) in [6.45, 7) is 26.1. The highest BCUT2D eigenvalue weighted by atomic mass is 32.1. The van der Waals surface area contributed by atoms with Gasteiger partial charge in [0, 0.05) is 48.4 Å². The summed E-state index contributed by atoms with van der Waals surface area (Å²) in [7, 11) is 3.01. The average Bonchev–Trinajstić information content (AvgIpc) is 3.64. The van der Waals surface area contributed by atoms with Gasteiger partial charge in [-0.25, -0.2) is 38.4 Å². The zero-order valence-electron chi connectivity index (χ0n) is 38.4. The van der Waals surface area contributed by atoms with Gasteiger partial charge in [-0.1, -0.05) is 26.0 Å². The smallest absolute Gasteiger partial charge is 0.224 e. The third-order valence-electron chi connectivity index (χ3n) is 11.3. The Labute approximate surface area is 396 Å². The van der Waals surface area contributed by atoms with Gasteiger partial charge in [0.25, 0.3) is 0 Å². The van der Waals surface area contributed by atoms with Crippen molar-refractivity contribution in [3.05, 3.63) is 158 Å². The van der Waals surface area contributed by atoms with Crippen LogP contribution >= 0.6 is 12.2 Å². The van der Waals surface area contributed by atoms with E-state index in [0.29, 0.717) is 91.7 Å². The lowest BCUT2D eigenvalue weighted by Crippen LogP contribution is -2.04. The van der Waals surface area contributed by atoms with E-state index in [1.54, 1.807) is 41.2 Å². The van der Waals surface area contributed by atoms with Gasteiger partial charge in [-0.3, -0.25) is 9.13 Å². The molecule has 0 spiro atoms. The Bertz CT molecular complexity index is 3620. The molecule has 5 heterocycles. The van der Waals surface area contributed by atoms with E-state index in [4.69, 9.17) is 34.8 Å². The number of rotatable bonds is 10. The van der Waals surface area contributed by atoms with Crippen LogP contribution in [0.2, 0.25) is 0 Å². The van der Waals surface area contributed by atoms with E-state index in [0.717, 1.165) is 39.1 Å². The summed E-state index contributed by atoms with van der Waals surface area (Å²) in [4.78, 5) is 33.6. The molecule has 0 radical (unpaired) electrons. The second kappa shape index (κ2) is 19.2. The first kappa shape index (κ1) is 46.1. The van der Waals surface area contributed by atoms with Crippen LogP contribution < -0.4 is 20.1 Å². The van der Waals surface area contributed by atoms with Crippen molar-refractivity contribution in [1.29, 1.82) is 0 Å². The number of halogens is 2. The van der Waals surface area contributed by atoms with Gasteiger partial charge in [0.05, 0.1) is 55.0 Å². The van der Waals surface area contributed by atoms with Gasteiger partial charge in [-0.15, -0.1) is 0 Å². The number of ether oxygens (including phenoxy) is 2. The topological polar surface area (TPSA) is 138 Å². The molecule has 0 saturated heterocycles. The minimum atomic E-state index is -0.491. The highest BCUT2D eigenvalue weighted by Crippen LogP contribution is 2.36.